The van der Waals surface area contributed by atoms with E-state index in [2.05, 4.69) is 45.1 Å². The molecule has 17 heavy (non-hydrogen) atoms. The topological polar surface area (TPSA) is 47.0 Å². The molecule has 0 fully saturated rings. The molecular weight excluding hydrogens is 282 g/mol. The van der Waals surface area contributed by atoms with Crippen molar-refractivity contribution in [2.45, 2.75) is 33.1 Å². The highest BCUT2D eigenvalue weighted by Crippen LogP contribution is 2.21. The van der Waals surface area contributed by atoms with Crippen molar-refractivity contribution in [3.05, 3.63) is 10.7 Å². The molecule has 0 aliphatic heterocycles. The van der Waals surface area contributed by atoms with E-state index in [-0.39, 0.29) is 0 Å². The summed E-state index contributed by atoms with van der Waals surface area (Å²) < 4.78 is 5.88. The minimum Gasteiger partial charge on any atom is -0.480 e. The van der Waals surface area contributed by atoms with Crippen molar-refractivity contribution in [3.63, 3.8) is 0 Å². The van der Waals surface area contributed by atoms with E-state index in [9.17, 15) is 0 Å². The lowest BCUT2D eigenvalue weighted by Crippen LogP contribution is -2.06. The van der Waals surface area contributed by atoms with Crippen molar-refractivity contribution in [1.29, 1.82) is 0 Å². The van der Waals surface area contributed by atoms with Gasteiger partial charge in [-0.05, 0) is 28.3 Å². The zero-order chi connectivity index (χ0) is 12.7. The van der Waals surface area contributed by atoms with Crippen LogP contribution in [0.5, 0.6) is 5.88 Å². The first kappa shape index (κ1) is 14.2. The fraction of sp³-hybridized carbons (Fsp3) is 0.667. The van der Waals surface area contributed by atoms with Gasteiger partial charge in [-0.3, -0.25) is 0 Å². The molecule has 1 aromatic heterocycles. The summed E-state index contributed by atoms with van der Waals surface area (Å²) in [5.41, 5.74) is 0. The van der Waals surface area contributed by atoms with Crippen LogP contribution < -0.4 is 10.1 Å². The Labute approximate surface area is 111 Å². The molecule has 1 heterocycles. The first-order valence-electron chi connectivity index (χ1n) is 5.94. The number of hydrogen-bond donors (Lipinski definition) is 1. The molecule has 0 bridgehead atoms. The molecule has 0 radical (unpaired) electrons. The lowest BCUT2D eigenvalue weighted by atomic mass is 10.1. The van der Waals surface area contributed by atoms with Crippen LogP contribution in [0, 0.1) is 5.92 Å². The maximum absolute atomic E-state index is 5.11. The van der Waals surface area contributed by atoms with Gasteiger partial charge in [0.25, 0.3) is 0 Å². The molecule has 0 saturated carbocycles. The fourth-order valence-corrected chi connectivity index (χ4v) is 1.81. The number of ether oxygens (including phenoxy) is 1. The van der Waals surface area contributed by atoms with Crippen LogP contribution in [-0.2, 0) is 0 Å². The Kier molecular flexibility index (Phi) is 6.26. The highest BCUT2D eigenvalue weighted by atomic mass is 79.9. The molecule has 0 unspecified atom stereocenters. The van der Waals surface area contributed by atoms with Gasteiger partial charge in [0.1, 0.15) is 0 Å². The van der Waals surface area contributed by atoms with E-state index in [1.54, 1.807) is 13.3 Å². The number of hydrogen-bond acceptors (Lipinski definition) is 4. The van der Waals surface area contributed by atoms with E-state index in [0.717, 1.165) is 23.4 Å². The molecule has 0 aliphatic carbocycles. The number of aromatic nitrogens is 2. The number of methoxy groups -OCH3 is 1. The van der Waals surface area contributed by atoms with Crippen molar-refractivity contribution in [2.24, 2.45) is 5.92 Å². The highest BCUT2D eigenvalue weighted by Gasteiger charge is 2.04. The minimum absolute atomic E-state index is 0.560. The van der Waals surface area contributed by atoms with E-state index in [1.807, 2.05) is 0 Å². The lowest BCUT2D eigenvalue weighted by Gasteiger charge is -2.07. The van der Waals surface area contributed by atoms with Crippen molar-refractivity contribution in [1.82, 2.24) is 9.97 Å². The van der Waals surface area contributed by atoms with Crippen molar-refractivity contribution >= 4 is 21.9 Å². The highest BCUT2D eigenvalue weighted by molar-refractivity contribution is 9.10. The average molecular weight is 302 g/mol. The SMILES string of the molecule is COc1nc(NCCCCC(C)C)ncc1Br. The number of nitrogens with zero attached hydrogens (tertiary/aromatic N) is 2. The number of halogens is 1. The van der Waals surface area contributed by atoms with E-state index >= 15 is 0 Å². The third kappa shape index (κ3) is 5.35. The smallest absolute Gasteiger partial charge is 0.232 e. The Bertz CT molecular complexity index is 345. The number of nitrogens with one attached hydrogen (secondary N) is 1. The summed E-state index contributed by atoms with van der Waals surface area (Å²) in [4.78, 5) is 8.40. The molecule has 0 saturated heterocycles. The van der Waals surface area contributed by atoms with Crippen LogP contribution in [0.3, 0.4) is 0 Å². The summed E-state index contributed by atoms with van der Waals surface area (Å²) >= 11 is 3.32. The van der Waals surface area contributed by atoms with Gasteiger partial charge in [-0.15, -0.1) is 0 Å². The third-order valence-corrected chi connectivity index (χ3v) is 2.94. The molecule has 1 N–H and O–H groups in total. The van der Waals surface area contributed by atoms with Gasteiger partial charge < -0.3 is 10.1 Å². The van der Waals surface area contributed by atoms with Crippen LogP contribution in [0.15, 0.2) is 10.7 Å². The Morgan fingerprint density at radius 1 is 1.41 bits per heavy atom. The van der Waals surface area contributed by atoms with Crippen LogP contribution in [-0.4, -0.2) is 23.6 Å². The predicted octanol–water partition coefficient (Wildman–Crippen LogP) is 3.49. The first-order valence-corrected chi connectivity index (χ1v) is 6.73. The van der Waals surface area contributed by atoms with E-state index in [4.69, 9.17) is 4.74 Å². The second-order valence-electron chi connectivity index (χ2n) is 4.37. The molecule has 0 amide bonds. The van der Waals surface area contributed by atoms with Crippen molar-refractivity contribution < 1.29 is 4.74 Å². The van der Waals surface area contributed by atoms with Gasteiger partial charge in [0.2, 0.25) is 11.8 Å². The number of unbranched alkanes of at least 4 members (excludes halogenated alkanes) is 1. The molecule has 0 atom stereocenters. The van der Waals surface area contributed by atoms with Crippen LogP contribution in [0.4, 0.5) is 5.95 Å². The van der Waals surface area contributed by atoms with E-state index in [0.29, 0.717) is 11.8 Å². The Morgan fingerprint density at radius 3 is 2.82 bits per heavy atom. The summed E-state index contributed by atoms with van der Waals surface area (Å²) in [5, 5.41) is 3.20. The zero-order valence-corrected chi connectivity index (χ0v) is 12.2. The average Bonchev–Trinajstić information content (AvgIpc) is 2.30. The summed E-state index contributed by atoms with van der Waals surface area (Å²) in [5.74, 6) is 1.96. The van der Waals surface area contributed by atoms with Crippen molar-refractivity contribution in [3.8, 4) is 5.88 Å². The minimum atomic E-state index is 0.560. The number of rotatable bonds is 7. The summed E-state index contributed by atoms with van der Waals surface area (Å²) in [7, 11) is 1.60. The Morgan fingerprint density at radius 2 is 2.18 bits per heavy atom. The summed E-state index contributed by atoms with van der Waals surface area (Å²) in [6.07, 6.45) is 5.34. The zero-order valence-electron chi connectivity index (χ0n) is 10.7. The van der Waals surface area contributed by atoms with Crippen molar-refractivity contribution in [2.75, 3.05) is 19.0 Å². The second kappa shape index (κ2) is 7.48. The largest absolute Gasteiger partial charge is 0.480 e. The monoisotopic (exact) mass is 301 g/mol. The second-order valence-corrected chi connectivity index (χ2v) is 5.22. The molecule has 0 spiro atoms. The van der Waals surface area contributed by atoms with E-state index in [1.165, 1.54) is 12.8 Å². The molecular formula is C12H20BrN3O. The van der Waals surface area contributed by atoms with Gasteiger partial charge in [-0.2, -0.15) is 4.98 Å². The normalized spacial score (nSPS) is 10.6. The van der Waals surface area contributed by atoms with Gasteiger partial charge in [-0.1, -0.05) is 26.7 Å². The molecule has 0 aliphatic rings. The molecule has 96 valence electrons. The van der Waals surface area contributed by atoms with Crippen LogP contribution in [0.1, 0.15) is 33.1 Å². The summed E-state index contributed by atoms with van der Waals surface area (Å²) in [6.45, 7) is 5.39. The predicted molar refractivity (Wildman–Crippen MR) is 73.5 cm³/mol. The quantitative estimate of drug-likeness (QED) is 0.783. The van der Waals surface area contributed by atoms with Crippen LogP contribution >= 0.6 is 15.9 Å². The van der Waals surface area contributed by atoms with Gasteiger partial charge in [0.15, 0.2) is 0 Å². The fourth-order valence-electron chi connectivity index (χ4n) is 1.46. The van der Waals surface area contributed by atoms with Crippen LogP contribution in [0.2, 0.25) is 0 Å². The van der Waals surface area contributed by atoms with Gasteiger partial charge in [0, 0.05) is 6.54 Å². The summed E-state index contributed by atoms with van der Waals surface area (Å²) in [6, 6.07) is 0. The maximum atomic E-state index is 5.11. The molecule has 0 aromatic carbocycles. The Balaban J connectivity index is 2.32. The first-order chi connectivity index (χ1) is 8.13. The van der Waals surface area contributed by atoms with Gasteiger partial charge in [-0.25, -0.2) is 4.98 Å². The molecule has 1 rings (SSSR count). The third-order valence-electron chi connectivity index (χ3n) is 2.40. The molecule has 1 aromatic rings. The lowest BCUT2D eigenvalue weighted by molar-refractivity contribution is 0.394. The molecule has 4 nitrogen and oxygen atoms in total. The van der Waals surface area contributed by atoms with E-state index < -0.39 is 0 Å². The number of anilines is 1. The van der Waals surface area contributed by atoms with Crippen LogP contribution in [0.25, 0.3) is 0 Å². The molecule has 5 heteroatoms. The van der Waals surface area contributed by atoms with Gasteiger partial charge >= 0.3 is 0 Å². The Hall–Kier alpha value is -0.840. The standard InChI is InChI=1S/C12H20BrN3O/c1-9(2)6-4-5-7-14-12-15-8-10(13)11(16-12)17-3/h8-9H,4-7H2,1-3H3,(H,14,15,16). The van der Waals surface area contributed by atoms with Gasteiger partial charge in [0.05, 0.1) is 17.8 Å². The maximum Gasteiger partial charge on any atom is 0.232 e.